The summed E-state index contributed by atoms with van der Waals surface area (Å²) in [4.78, 5) is 22.3. The summed E-state index contributed by atoms with van der Waals surface area (Å²) < 4.78 is 4.91. The summed E-state index contributed by atoms with van der Waals surface area (Å²) in [5, 5.41) is 18.5. The van der Waals surface area contributed by atoms with Gasteiger partial charge in [0.25, 0.3) is 0 Å². The predicted octanol–water partition coefficient (Wildman–Crippen LogP) is 1.35. The molecule has 5 nitrogen and oxygen atoms in total. The summed E-state index contributed by atoms with van der Waals surface area (Å²) in [6.45, 7) is 1.57. The Morgan fingerprint density at radius 2 is 1.89 bits per heavy atom. The van der Waals surface area contributed by atoms with Gasteiger partial charge in [0.1, 0.15) is 6.61 Å². The van der Waals surface area contributed by atoms with E-state index in [-0.39, 0.29) is 13.0 Å². The van der Waals surface area contributed by atoms with Crippen molar-refractivity contribution >= 4 is 11.9 Å². The Kier molecular flexibility index (Phi) is 4.85. The Labute approximate surface area is 105 Å². The van der Waals surface area contributed by atoms with Crippen LogP contribution in [-0.4, -0.2) is 27.8 Å². The summed E-state index contributed by atoms with van der Waals surface area (Å²) in [6.07, 6.45) is -0.603. The Balaban J connectivity index is 2.49. The number of carbonyl (C=O) groups excluding carboxylic acids is 1. The average Bonchev–Trinajstić information content (AvgIpc) is 2.37. The van der Waals surface area contributed by atoms with E-state index < -0.39 is 24.0 Å². The van der Waals surface area contributed by atoms with E-state index in [9.17, 15) is 14.7 Å². The summed E-state index contributed by atoms with van der Waals surface area (Å²) in [5.41, 5.74) is -1.24. The molecule has 2 N–H and O–H groups in total. The number of hydrogen-bond donors (Lipinski definition) is 2. The van der Waals surface area contributed by atoms with E-state index in [0.29, 0.717) is 0 Å². The predicted molar refractivity (Wildman–Crippen MR) is 63.7 cm³/mol. The van der Waals surface area contributed by atoms with Crippen LogP contribution in [0.15, 0.2) is 30.3 Å². The van der Waals surface area contributed by atoms with E-state index in [4.69, 9.17) is 9.84 Å². The number of benzene rings is 1. The molecule has 1 aromatic rings. The highest BCUT2D eigenvalue weighted by Crippen LogP contribution is 2.16. The molecular weight excluding hydrogens is 236 g/mol. The number of aliphatic hydroxyl groups is 1. The molecule has 0 bridgehead atoms. The van der Waals surface area contributed by atoms with Crippen molar-refractivity contribution in [3.05, 3.63) is 35.9 Å². The summed E-state index contributed by atoms with van der Waals surface area (Å²) in [5.74, 6) is -2.15. The zero-order valence-corrected chi connectivity index (χ0v) is 10.1. The highest BCUT2D eigenvalue weighted by molar-refractivity contribution is 5.84. The second-order valence-corrected chi connectivity index (χ2v) is 4.01. The summed E-state index contributed by atoms with van der Waals surface area (Å²) in [7, 11) is 0. The molecule has 0 aliphatic carbocycles. The van der Waals surface area contributed by atoms with Crippen LogP contribution in [0.2, 0.25) is 0 Å². The number of carbonyl (C=O) groups is 2. The van der Waals surface area contributed by atoms with Crippen molar-refractivity contribution in [1.29, 1.82) is 0 Å². The van der Waals surface area contributed by atoms with Crippen molar-refractivity contribution in [2.75, 3.05) is 0 Å². The first-order valence-electron chi connectivity index (χ1n) is 5.63. The molecule has 1 aromatic carbocycles. The SMILES string of the molecule is CCC(O)(CC(=O)OCc1ccccc1)C(=O)O. The first-order valence-corrected chi connectivity index (χ1v) is 5.63. The van der Waals surface area contributed by atoms with Crippen LogP contribution in [0.3, 0.4) is 0 Å². The van der Waals surface area contributed by atoms with Gasteiger partial charge >= 0.3 is 11.9 Å². The van der Waals surface area contributed by atoms with Crippen LogP contribution in [0.25, 0.3) is 0 Å². The van der Waals surface area contributed by atoms with E-state index >= 15 is 0 Å². The molecule has 0 radical (unpaired) electrons. The fraction of sp³-hybridized carbons (Fsp3) is 0.385. The van der Waals surface area contributed by atoms with Gasteiger partial charge in [0.05, 0.1) is 6.42 Å². The third-order valence-electron chi connectivity index (χ3n) is 2.66. The maximum atomic E-state index is 11.4. The Morgan fingerprint density at radius 3 is 2.39 bits per heavy atom. The zero-order chi connectivity index (χ0) is 13.6. The fourth-order valence-corrected chi connectivity index (χ4v) is 1.38. The maximum absolute atomic E-state index is 11.4. The van der Waals surface area contributed by atoms with Gasteiger partial charge < -0.3 is 14.9 Å². The molecule has 0 spiro atoms. The minimum Gasteiger partial charge on any atom is -0.479 e. The van der Waals surface area contributed by atoms with Crippen LogP contribution in [0.5, 0.6) is 0 Å². The van der Waals surface area contributed by atoms with Gasteiger partial charge in [0.15, 0.2) is 5.60 Å². The number of carboxylic acid groups (broad SMARTS) is 1. The van der Waals surface area contributed by atoms with Crippen LogP contribution in [0, 0.1) is 0 Å². The molecule has 18 heavy (non-hydrogen) atoms. The molecular formula is C13H16O5. The van der Waals surface area contributed by atoms with E-state index in [1.165, 1.54) is 6.92 Å². The minimum atomic E-state index is -2.05. The fourth-order valence-electron chi connectivity index (χ4n) is 1.38. The number of ether oxygens (including phenoxy) is 1. The molecule has 98 valence electrons. The van der Waals surface area contributed by atoms with Gasteiger partial charge in [-0.2, -0.15) is 0 Å². The van der Waals surface area contributed by atoms with Gasteiger partial charge in [-0.15, -0.1) is 0 Å². The second-order valence-electron chi connectivity index (χ2n) is 4.01. The van der Waals surface area contributed by atoms with Crippen LogP contribution < -0.4 is 0 Å². The molecule has 0 aliphatic heterocycles. The number of hydrogen-bond acceptors (Lipinski definition) is 4. The molecule has 5 heteroatoms. The average molecular weight is 252 g/mol. The number of esters is 1. The van der Waals surface area contributed by atoms with Crippen molar-refractivity contribution in [1.82, 2.24) is 0 Å². The van der Waals surface area contributed by atoms with Gasteiger partial charge in [0.2, 0.25) is 0 Å². The quantitative estimate of drug-likeness (QED) is 0.746. The van der Waals surface area contributed by atoms with E-state index in [0.717, 1.165) is 5.56 Å². The van der Waals surface area contributed by atoms with Gasteiger partial charge in [0, 0.05) is 0 Å². The second kappa shape index (κ2) is 6.16. The smallest absolute Gasteiger partial charge is 0.336 e. The maximum Gasteiger partial charge on any atom is 0.336 e. The molecule has 0 aliphatic rings. The van der Waals surface area contributed by atoms with Gasteiger partial charge in [-0.3, -0.25) is 4.79 Å². The van der Waals surface area contributed by atoms with E-state index in [2.05, 4.69) is 0 Å². The van der Waals surface area contributed by atoms with Crippen molar-refractivity contribution in [3.63, 3.8) is 0 Å². The molecule has 0 amide bonds. The molecule has 0 fully saturated rings. The lowest BCUT2D eigenvalue weighted by Gasteiger charge is -2.20. The third-order valence-corrected chi connectivity index (χ3v) is 2.66. The van der Waals surface area contributed by atoms with Gasteiger partial charge in [-0.25, -0.2) is 4.79 Å². The zero-order valence-electron chi connectivity index (χ0n) is 10.1. The van der Waals surface area contributed by atoms with E-state index in [1.807, 2.05) is 18.2 Å². The van der Waals surface area contributed by atoms with Crippen LogP contribution >= 0.6 is 0 Å². The lowest BCUT2D eigenvalue weighted by atomic mass is 9.97. The molecule has 1 unspecified atom stereocenters. The highest BCUT2D eigenvalue weighted by atomic mass is 16.5. The van der Waals surface area contributed by atoms with Crippen LogP contribution in [0.4, 0.5) is 0 Å². The Bertz CT molecular complexity index is 415. The van der Waals surface area contributed by atoms with Crippen LogP contribution in [0.1, 0.15) is 25.3 Å². The normalized spacial score (nSPS) is 13.7. The van der Waals surface area contributed by atoms with Crippen molar-refractivity contribution in [2.24, 2.45) is 0 Å². The molecule has 0 saturated carbocycles. The Hall–Kier alpha value is -1.88. The topological polar surface area (TPSA) is 83.8 Å². The monoisotopic (exact) mass is 252 g/mol. The molecule has 1 rings (SSSR count). The van der Waals surface area contributed by atoms with Gasteiger partial charge in [-0.1, -0.05) is 37.3 Å². The molecule has 0 aromatic heterocycles. The first-order chi connectivity index (χ1) is 8.48. The number of rotatable bonds is 6. The molecule has 0 saturated heterocycles. The first kappa shape index (κ1) is 14.2. The highest BCUT2D eigenvalue weighted by Gasteiger charge is 2.37. The lowest BCUT2D eigenvalue weighted by Crippen LogP contribution is -2.40. The summed E-state index contributed by atoms with van der Waals surface area (Å²) in [6, 6.07) is 9.03. The number of carboxylic acids is 1. The summed E-state index contributed by atoms with van der Waals surface area (Å²) >= 11 is 0. The van der Waals surface area contributed by atoms with E-state index in [1.54, 1.807) is 12.1 Å². The van der Waals surface area contributed by atoms with Crippen molar-refractivity contribution < 1.29 is 24.5 Å². The van der Waals surface area contributed by atoms with Crippen molar-refractivity contribution in [3.8, 4) is 0 Å². The van der Waals surface area contributed by atoms with Crippen LogP contribution in [-0.2, 0) is 20.9 Å². The largest absolute Gasteiger partial charge is 0.479 e. The Morgan fingerprint density at radius 1 is 1.28 bits per heavy atom. The third kappa shape index (κ3) is 3.85. The number of aliphatic carboxylic acids is 1. The van der Waals surface area contributed by atoms with Crippen molar-refractivity contribution in [2.45, 2.75) is 32.0 Å². The lowest BCUT2D eigenvalue weighted by molar-refractivity contribution is -0.168. The minimum absolute atomic E-state index is 0.0528. The van der Waals surface area contributed by atoms with Gasteiger partial charge in [-0.05, 0) is 12.0 Å². The molecule has 0 heterocycles. The standard InChI is InChI=1S/C13H16O5/c1-2-13(17,12(15)16)8-11(14)18-9-10-6-4-3-5-7-10/h3-7,17H,2,8-9H2,1H3,(H,15,16). The molecule has 1 atom stereocenters.